The number of nitrogens with zero attached hydrogens (tertiary/aromatic N) is 3. The second-order valence-electron chi connectivity index (χ2n) is 6.74. The highest BCUT2D eigenvalue weighted by Crippen LogP contribution is 2.32. The molecule has 0 unspecified atom stereocenters. The highest BCUT2D eigenvalue weighted by Gasteiger charge is 2.39. The minimum Gasteiger partial charge on any atom is -0.350 e. The molecule has 0 atom stereocenters. The van der Waals surface area contributed by atoms with Crippen LogP contribution in [0, 0.1) is 15.9 Å². The molecule has 2 heterocycles. The molecule has 0 aliphatic carbocycles. The summed E-state index contributed by atoms with van der Waals surface area (Å²) in [4.78, 5) is 41.7. The van der Waals surface area contributed by atoms with E-state index in [4.69, 9.17) is 0 Å². The lowest BCUT2D eigenvalue weighted by Crippen LogP contribution is -2.32. The second-order valence-corrected chi connectivity index (χ2v) is 6.74. The van der Waals surface area contributed by atoms with Gasteiger partial charge in [-0.15, -0.1) is 0 Å². The first kappa shape index (κ1) is 19.9. The highest BCUT2D eigenvalue weighted by atomic mass is 19.1. The van der Waals surface area contributed by atoms with Crippen LogP contribution < -0.4 is 5.32 Å². The maximum absolute atomic E-state index is 13.6. The first-order valence-electron chi connectivity index (χ1n) is 9.21. The van der Waals surface area contributed by atoms with Crippen LogP contribution in [0.15, 0.2) is 78.8 Å². The molecular weight excluding hydrogens is 403 g/mol. The van der Waals surface area contributed by atoms with Crippen LogP contribution in [0.4, 0.5) is 15.8 Å². The Hall–Kier alpha value is -4.40. The van der Waals surface area contributed by atoms with Crippen molar-refractivity contribution in [2.24, 2.45) is 0 Å². The number of pyridine rings is 1. The van der Waals surface area contributed by atoms with E-state index in [0.717, 1.165) is 4.90 Å². The Morgan fingerprint density at radius 3 is 2.35 bits per heavy atom. The van der Waals surface area contributed by atoms with E-state index >= 15 is 0 Å². The van der Waals surface area contributed by atoms with Crippen molar-refractivity contribution in [1.82, 2.24) is 9.88 Å². The number of hydrogen-bond donors (Lipinski definition) is 1. The van der Waals surface area contributed by atoms with E-state index in [0.29, 0.717) is 16.8 Å². The number of rotatable bonds is 6. The molecule has 0 spiro atoms. The van der Waals surface area contributed by atoms with Gasteiger partial charge in [0.2, 0.25) is 0 Å². The lowest BCUT2D eigenvalue weighted by Gasteiger charge is -2.15. The summed E-state index contributed by atoms with van der Waals surface area (Å²) in [5, 5.41) is 13.8. The molecule has 4 rings (SSSR count). The number of nitro groups is 1. The second kappa shape index (κ2) is 8.15. The van der Waals surface area contributed by atoms with E-state index in [2.05, 4.69) is 10.3 Å². The maximum atomic E-state index is 13.6. The number of benzene rings is 2. The van der Waals surface area contributed by atoms with Gasteiger partial charge in [0.1, 0.15) is 11.5 Å². The van der Waals surface area contributed by atoms with Gasteiger partial charge < -0.3 is 5.32 Å². The molecule has 1 N–H and O–H groups in total. The zero-order valence-corrected chi connectivity index (χ0v) is 16.0. The average Bonchev–Trinajstić information content (AvgIpc) is 2.99. The Balaban J connectivity index is 1.75. The summed E-state index contributed by atoms with van der Waals surface area (Å²) in [7, 11) is 0. The topological polar surface area (TPSA) is 105 Å². The summed E-state index contributed by atoms with van der Waals surface area (Å²) >= 11 is 0. The van der Waals surface area contributed by atoms with Gasteiger partial charge in [-0.05, 0) is 53.6 Å². The first-order valence-corrected chi connectivity index (χ1v) is 9.21. The van der Waals surface area contributed by atoms with Gasteiger partial charge >= 0.3 is 0 Å². The molecule has 1 aliphatic rings. The predicted octanol–water partition coefficient (Wildman–Crippen LogP) is 3.52. The molecular formula is C22H15FN4O4. The largest absolute Gasteiger partial charge is 0.350 e. The van der Waals surface area contributed by atoms with E-state index in [1.807, 2.05) is 0 Å². The van der Waals surface area contributed by atoms with Crippen molar-refractivity contribution in [3.8, 4) is 0 Å². The fraction of sp³-hybridized carbons (Fsp3) is 0.0455. The van der Waals surface area contributed by atoms with Gasteiger partial charge in [-0.1, -0.05) is 6.07 Å². The lowest BCUT2D eigenvalue weighted by molar-refractivity contribution is -0.384. The van der Waals surface area contributed by atoms with Crippen molar-refractivity contribution in [2.75, 3.05) is 5.32 Å². The molecule has 2 amide bonds. The molecule has 31 heavy (non-hydrogen) atoms. The van der Waals surface area contributed by atoms with Crippen LogP contribution in [0.25, 0.3) is 5.57 Å². The fourth-order valence-electron chi connectivity index (χ4n) is 3.23. The van der Waals surface area contributed by atoms with Crippen LogP contribution in [0.1, 0.15) is 11.1 Å². The predicted molar refractivity (Wildman–Crippen MR) is 110 cm³/mol. The number of imide groups is 1. The number of nitro benzene ring substituents is 1. The molecule has 1 aromatic heterocycles. The number of anilines is 1. The molecule has 0 radical (unpaired) electrons. The minimum atomic E-state index is -0.584. The molecule has 3 aromatic rings. The zero-order valence-electron chi connectivity index (χ0n) is 16.0. The van der Waals surface area contributed by atoms with Crippen molar-refractivity contribution in [3.05, 3.63) is 106 Å². The number of halogens is 1. The zero-order chi connectivity index (χ0) is 22.0. The van der Waals surface area contributed by atoms with Gasteiger partial charge in [-0.2, -0.15) is 0 Å². The molecule has 0 fully saturated rings. The number of carbonyl (C=O) groups is 2. The summed E-state index contributed by atoms with van der Waals surface area (Å²) in [5.41, 5.74) is 1.21. The van der Waals surface area contributed by atoms with Crippen LogP contribution in [0.5, 0.6) is 0 Å². The van der Waals surface area contributed by atoms with Gasteiger partial charge in [0, 0.05) is 30.2 Å². The summed E-state index contributed by atoms with van der Waals surface area (Å²) in [6.45, 7) is 0.0188. The molecule has 0 saturated heterocycles. The Morgan fingerprint density at radius 2 is 1.71 bits per heavy atom. The van der Waals surface area contributed by atoms with Crippen LogP contribution in [-0.2, 0) is 16.1 Å². The third-order valence-corrected chi connectivity index (χ3v) is 4.72. The van der Waals surface area contributed by atoms with E-state index < -0.39 is 22.6 Å². The Labute approximate surface area is 175 Å². The number of aromatic nitrogens is 1. The molecule has 9 heteroatoms. The number of nitrogens with one attached hydrogen (secondary N) is 1. The third kappa shape index (κ3) is 4.01. The van der Waals surface area contributed by atoms with Gasteiger partial charge in [0.05, 0.1) is 17.0 Å². The van der Waals surface area contributed by atoms with E-state index in [1.165, 1.54) is 42.5 Å². The average molecular weight is 418 g/mol. The van der Waals surface area contributed by atoms with Crippen molar-refractivity contribution in [2.45, 2.75) is 6.54 Å². The standard InChI is InChI=1S/C22H15FN4O4/c23-16-2-1-3-17(12-16)25-20-19(15-4-6-18(7-5-15)27(30)31)21(28)26(22(20)29)13-14-8-10-24-11-9-14/h1-12,25H,13H2. The summed E-state index contributed by atoms with van der Waals surface area (Å²) in [6.07, 6.45) is 3.11. The normalized spacial score (nSPS) is 13.6. The van der Waals surface area contributed by atoms with Crippen molar-refractivity contribution in [3.63, 3.8) is 0 Å². The van der Waals surface area contributed by atoms with Crippen molar-refractivity contribution >= 4 is 28.8 Å². The minimum absolute atomic E-state index is 0.0188. The summed E-state index contributed by atoms with van der Waals surface area (Å²) < 4.78 is 13.6. The Kier molecular flexibility index (Phi) is 5.23. The lowest BCUT2D eigenvalue weighted by atomic mass is 10.0. The fourth-order valence-corrected chi connectivity index (χ4v) is 3.23. The number of amides is 2. The molecule has 2 aromatic carbocycles. The molecule has 1 aliphatic heterocycles. The van der Waals surface area contributed by atoms with Crippen LogP contribution >= 0.6 is 0 Å². The van der Waals surface area contributed by atoms with Gasteiger partial charge in [0.25, 0.3) is 17.5 Å². The highest BCUT2D eigenvalue weighted by molar-refractivity contribution is 6.36. The smallest absolute Gasteiger partial charge is 0.278 e. The summed E-state index contributed by atoms with van der Waals surface area (Å²) in [6, 6.07) is 14.2. The van der Waals surface area contributed by atoms with Gasteiger partial charge in [0.15, 0.2) is 0 Å². The monoisotopic (exact) mass is 418 g/mol. The number of hydrogen-bond acceptors (Lipinski definition) is 6. The molecule has 0 bridgehead atoms. The van der Waals surface area contributed by atoms with Crippen LogP contribution in [0.2, 0.25) is 0 Å². The maximum Gasteiger partial charge on any atom is 0.278 e. The molecule has 154 valence electrons. The summed E-state index contributed by atoms with van der Waals surface area (Å²) in [5.74, 6) is -1.65. The van der Waals surface area contributed by atoms with E-state index in [1.54, 1.807) is 30.6 Å². The Morgan fingerprint density at radius 1 is 1.00 bits per heavy atom. The van der Waals surface area contributed by atoms with Crippen molar-refractivity contribution in [1.29, 1.82) is 0 Å². The number of non-ortho nitro benzene ring substituents is 1. The van der Waals surface area contributed by atoms with E-state index in [9.17, 15) is 24.1 Å². The number of carbonyl (C=O) groups excluding carboxylic acids is 2. The van der Waals surface area contributed by atoms with Crippen LogP contribution in [-0.4, -0.2) is 26.6 Å². The van der Waals surface area contributed by atoms with Crippen LogP contribution in [0.3, 0.4) is 0 Å². The quantitative estimate of drug-likeness (QED) is 0.373. The first-order chi connectivity index (χ1) is 14.9. The van der Waals surface area contributed by atoms with E-state index in [-0.39, 0.29) is 23.5 Å². The molecule has 8 nitrogen and oxygen atoms in total. The Bertz CT molecular complexity index is 1210. The SMILES string of the molecule is O=C1C(Nc2cccc(F)c2)=C(c2ccc([N+](=O)[O-])cc2)C(=O)N1Cc1ccncc1. The van der Waals surface area contributed by atoms with Gasteiger partial charge in [-0.3, -0.25) is 29.6 Å². The third-order valence-electron chi connectivity index (χ3n) is 4.72. The van der Waals surface area contributed by atoms with Crippen molar-refractivity contribution < 1.29 is 18.9 Å². The molecule has 0 saturated carbocycles. The van der Waals surface area contributed by atoms with Gasteiger partial charge in [-0.25, -0.2) is 4.39 Å².